The fourth-order valence-electron chi connectivity index (χ4n) is 4.66. The number of urea groups is 1. The van der Waals surface area contributed by atoms with Crippen LogP contribution in [0, 0.1) is 11.3 Å². The Bertz CT molecular complexity index is 659. The number of thioether (sulfide) groups is 1. The van der Waals surface area contributed by atoms with Crippen molar-refractivity contribution in [2.45, 2.75) is 113 Å². The molecule has 3 aliphatic rings. The lowest BCUT2D eigenvalue weighted by Crippen LogP contribution is -2.55. The van der Waals surface area contributed by atoms with Gasteiger partial charge >= 0.3 is 6.03 Å². The number of carbonyl (C=O) groups excluding carboxylic acids is 1. The van der Waals surface area contributed by atoms with Crippen molar-refractivity contribution in [1.29, 1.82) is 5.26 Å². The standard InChI is InChI=1S/C21H34N6OS2/c22-16-20(12-6-2-7-13-20)26-27-21(14-8-3-9-15-21)23-18(28)24-25-19(29)30-17-10-4-1-5-11-17/h17H,1-15H2,(H,25,29)(H2,23,24,28). The van der Waals surface area contributed by atoms with Gasteiger partial charge in [-0.05, 0) is 64.2 Å². The van der Waals surface area contributed by atoms with Crippen molar-refractivity contribution >= 4 is 34.3 Å². The number of carbonyl (C=O) groups is 1. The maximum atomic E-state index is 12.6. The summed E-state index contributed by atoms with van der Waals surface area (Å²) in [4.78, 5) is 12.6. The van der Waals surface area contributed by atoms with Gasteiger partial charge in [-0.1, -0.05) is 56.1 Å². The zero-order valence-corrected chi connectivity index (χ0v) is 19.4. The Balaban J connectivity index is 1.54. The van der Waals surface area contributed by atoms with E-state index < -0.39 is 11.2 Å². The smallest absolute Gasteiger partial charge is 0.311 e. The Morgan fingerprint density at radius 3 is 2.13 bits per heavy atom. The van der Waals surface area contributed by atoms with Gasteiger partial charge in [-0.25, -0.2) is 4.79 Å². The summed E-state index contributed by atoms with van der Waals surface area (Å²) in [6.07, 6.45) is 15.4. The van der Waals surface area contributed by atoms with Crippen LogP contribution in [0.5, 0.6) is 0 Å². The number of hydrogen-bond donors (Lipinski definition) is 3. The molecule has 9 heteroatoms. The number of thiocarbonyl (C=S) groups is 1. The monoisotopic (exact) mass is 450 g/mol. The van der Waals surface area contributed by atoms with Crippen molar-refractivity contribution in [1.82, 2.24) is 16.2 Å². The van der Waals surface area contributed by atoms with E-state index in [1.807, 2.05) is 0 Å². The van der Waals surface area contributed by atoms with Crippen LogP contribution in [0.15, 0.2) is 10.2 Å². The number of hydrogen-bond acceptors (Lipinski definition) is 6. The van der Waals surface area contributed by atoms with E-state index in [9.17, 15) is 10.1 Å². The van der Waals surface area contributed by atoms with Gasteiger partial charge in [0.2, 0.25) is 0 Å². The summed E-state index contributed by atoms with van der Waals surface area (Å²) in [5.74, 6) is 0. The highest BCUT2D eigenvalue weighted by Crippen LogP contribution is 2.35. The molecule has 0 radical (unpaired) electrons. The Hall–Kier alpha value is -1.40. The predicted octanol–water partition coefficient (Wildman–Crippen LogP) is 5.48. The fraction of sp³-hybridized carbons (Fsp3) is 0.857. The summed E-state index contributed by atoms with van der Waals surface area (Å²) in [5, 5.41) is 22.4. The lowest BCUT2D eigenvalue weighted by atomic mass is 9.83. The maximum absolute atomic E-state index is 12.6. The van der Waals surface area contributed by atoms with Crippen LogP contribution in [0.3, 0.4) is 0 Å². The molecule has 3 fully saturated rings. The van der Waals surface area contributed by atoms with Crippen LogP contribution in [0.2, 0.25) is 0 Å². The second-order valence-corrected chi connectivity index (χ2v) is 10.8. The number of rotatable bonds is 4. The van der Waals surface area contributed by atoms with E-state index in [0.29, 0.717) is 9.57 Å². The molecule has 0 unspecified atom stereocenters. The number of nitriles is 1. The predicted molar refractivity (Wildman–Crippen MR) is 124 cm³/mol. The molecule has 166 valence electrons. The lowest BCUT2D eigenvalue weighted by Gasteiger charge is -2.35. The molecule has 0 aromatic rings. The van der Waals surface area contributed by atoms with E-state index in [1.54, 1.807) is 11.8 Å². The number of nitrogens with zero attached hydrogens (tertiary/aromatic N) is 3. The van der Waals surface area contributed by atoms with Gasteiger partial charge in [-0.3, -0.25) is 10.9 Å². The third-order valence-corrected chi connectivity index (χ3v) is 7.96. The van der Waals surface area contributed by atoms with E-state index in [-0.39, 0.29) is 6.03 Å². The Kier molecular flexibility index (Phi) is 8.75. The van der Waals surface area contributed by atoms with Gasteiger partial charge in [0.05, 0.1) is 6.07 Å². The lowest BCUT2D eigenvalue weighted by molar-refractivity contribution is 0.195. The zero-order valence-electron chi connectivity index (χ0n) is 17.8. The topological polar surface area (TPSA) is 102 Å². The molecule has 30 heavy (non-hydrogen) atoms. The third kappa shape index (κ3) is 6.81. The highest BCUT2D eigenvalue weighted by atomic mass is 32.2. The Morgan fingerprint density at radius 1 is 0.900 bits per heavy atom. The minimum absolute atomic E-state index is 0.350. The Morgan fingerprint density at radius 2 is 1.50 bits per heavy atom. The molecule has 3 rings (SSSR count). The molecule has 0 saturated heterocycles. The second kappa shape index (κ2) is 11.3. The first-order valence-corrected chi connectivity index (χ1v) is 12.7. The van der Waals surface area contributed by atoms with Gasteiger partial charge in [-0.2, -0.15) is 15.5 Å². The normalized spacial score (nSPS) is 24.0. The van der Waals surface area contributed by atoms with E-state index in [4.69, 9.17) is 12.2 Å². The number of hydrazine groups is 1. The third-order valence-electron chi connectivity index (χ3n) is 6.45. The molecule has 7 nitrogen and oxygen atoms in total. The molecule has 3 saturated carbocycles. The molecule has 0 aromatic carbocycles. The van der Waals surface area contributed by atoms with Gasteiger partial charge in [0.1, 0.15) is 0 Å². The highest BCUT2D eigenvalue weighted by Gasteiger charge is 2.37. The van der Waals surface area contributed by atoms with E-state index in [0.717, 1.165) is 64.2 Å². The zero-order chi connectivity index (χ0) is 21.3. The van der Waals surface area contributed by atoms with Gasteiger partial charge in [0.15, 0.2) is 15.5 Å². The minimum atomic E-state index is -0.733. The molecule has 0 aliphatic heterocycles. The maximum Gasteiger partial charge on any atom is 0.335 e. The van der Waals surface area contributed by atoms with Gasteiger partial charge in [-0.15, -0.1) is 0 Å². The van der Waals surface area contributed by atoms with Crippen molar-refractivity contribution in [3.8, 4) is 6.07 Å². The summed E-state index contributed by atoms with van der Waals surface area (Å²) in [6.45, 7) is 0. The number of azo groups is 1. The first-order chi connectivity index (χ1) is 14.5. The summed E-state index contributed by atoms with van der Waals surface area (Å²) in [6, 6.07) is 2.04. The molecule has 3 aliphatic carbocycles. The first-order valence-electron chi connectivity index (χ1n) is 11.4. The van der Waals surface area contributed by atoms with Crippen molar-refractivity contribution in [2.24, 2.45) is 10.2 Å². The number of nitrogens with one attached hydrogen (secondary N) is 3. The molecule has 0 spiro atoms. The molecule has 0 bridgehead atoms. The molecular formula is C21H34N6OS2. The molecule has 0 atom stereocenters. The van der Waals surface area contributed by atoms with Crippen LogP contribution in [0.4, 0.5) is 4.79 Å². The summed E-state index contributed by atoms with van der Waals surface area (Å²) < 4.78 is 0.599. The molecular weight excluding hydrogens is 416 g/mol. The Labute approximate surface area is 189 Å². The van der Waals surface area contributed by atoms with Crippen LogP contribution < -0.4 is 16.2 Å². The van der Waals surface area contributed by atoms with E-state index in [1.165, 1.54) is 32.1 Å². The van der Waals surface area contributed by atoms with E-state index in [2.05, 4.69) is 32.5 Å². The minimum Gasteiger partial charge on any atom is -0.311 e. The first kappa shape index (κ1) is 23.3. The summed E-state index contributed by atoms with van der Waals surface area (Å²) in [5.41, 5.74) is 4.09. The SMILES string of the molecule is N#CC1(N=NC2(NC(=O)NNC(=S)SC3CCCCC3)CCCCC2)CCCCC1. The van der Waals surface area contributed by atoms with Crippen molar-refractivity contribution in [3.05, 3.63) is 0 Å². The quantitative estimate of drug-likeness (QED) is 0.299. The van der Waals surface area contributed by atoms with Crippen LogP contribution in [-0.2, 0) is 0 Å². The van der Waals surface area contributed by atoms with Gasteiger partial charge in [0, 0.05) is 5.25 Å². The fourth-order valence-corrected chi connectivity index (χ4v) is 6.10. The van der Waals surface area contributed by atoms with Crippen LogP contribution in [-0.4, -0.2) is 26.8 Å². The van der Waals surface area contributed by atoms with Gasteiger partial charge < -0.3 is 5.32 Å². The molecule has 0 heterocycles. The van der Waals surface area contributed by atoms with E-state index >= 15 is 0 Å². The molecule has 2 amide bonds. The number of amides is 2. The van der Waals surface area contributed by atoms with Crippen molar-refractivity contribution in [3.63, 3.8) is 0 Å². The summed E-state index contributed by atoms with van der Waals surface area (Å²) in [7, 11) is 0. The van der Waals surface area contributed by atoms with Crippen molar-refractivity contribution < 1.29 is 4.79 Å². The van der Waals surface area contributed by atoms with Crippen LogP contribution in [0.1, 0.15) is 96.3 Å². The molecule has 0 aromatic heterocycles. The highest BCUT2D eigenvalue weighted by molar-refractivity contribution is 8.23. The molecule has 3 N–H and O–H groups in total. The van der Waals surface area contributed by atoms with Crippen molar-refractivity contribution in [2.75, 3.05) is 0 Å². The largest absolute Gasteiger partial charge is 0.335 e. The van der Waals surface area contributed by atoms with Gasteiger partial charge in [0.25, 0.3) is 0 Å². The second-order valence-electron chi connectivity index (χ2n) is 8.87. The van der Waals surface area contributed by atoms with Crippen LogP contribution >= 0.6 is 24.0 Å². The summed E-state index contributed by atoms with van der Waals surface area (Å²) >= 11 is 7.02. The van der Waals surface area contributed by atoms with Crippen LogP contribution in [0.25, 0.3) is 0 Å². The average molecular weight is 451 g/mol. The average Bonchev–Trinajstić information content (AvgIpc) is 2.78.